The van der Waals surface area contributed by atoms with E-state index in [4.69, 9.17) is 9.72 Å². The van der Waals surface area contributed by atoms with Crippen molar-refractivity contribution in [2.75, 3.05) is 6.61 Å². The maximum Gasteiger partial charge on any atom is 0.311 e. The Morgan fingerprint density at radius 1 is 1.16 bits per heavy atom. The summed E-state index contributed by atoms with van der Waals surface area (Å²) in [6.45, 7) is 10.8. The van der Waals surface area contributed by atoms with E-state index in [1.54, 1.807) is 6.92 Å². The van der Waals surface area contributed by atoms with Crippen LogP contribution in [0.25, 0.3) is 11.4 Å². The SMILES string of the molecule is CCOC(=O)Cc1ccc(C(C)(C)c2cccc(-c3ccn(CSC(C)C)n3)n2)cn1. The van der Waals surface area contributed by atoms with Crippen LogP contribution in [0.4, 0.5) is 0 Å². The molecule has 6 nitrogen and oxygen atoms in total. The van der Waals surface area contributed by atoms with E-state index in [2.05, 4.69) is 37.8 Å². The minimum Gasteiger partial charge on any atom is -0.466 e. The van der Waals surface area contributed by atoms with Crippen molar-refractivity contribution < 1.29 is 9.53 Å². The standard InChI is InChI=1S/C24H30N4O2S/c1-6-30-23(29)14-19-11-10-18(15-25-19)24(4,5)22-9-7-8-20(26-22)21-12-13-28(27-21)16-31-17(2)3/h7-13,15,17H,6,14,16H2,1-5H3. The van der Waals surface area contributed by atoms with Crippen molar-refractivity contribution in [3.05, 3.63) is 65.7 Å². The smallest absolute Gasteiger partial charge is 0.311 e. The van der Waals surface area contributed by atoms with Crippen LogP contribution in [-0.4, -0.2) is 37.6 Å². The highest BCUT2D eigenvalue weighted by Gasteiger charge is 2.26. The lowest BCUT2D eigenvalue weighted by Gasteiger charge is -2.25. The Bertz CT molecular complexity index is 1010. The fourth-order valence-corrected chi connectivity index (χ4v) is 3.72. The molecule has 0 spiro atoms. The van der Waals surface area contributed by atoms with Gasteiger partial charge in [0, 0.05) is 23.1 Å². The lowest BCUT2D eigenvalue weighted by atomic mass is 9.82. The second-order valence-electron chi connectivity index (χ2n) is 8.14. The summed E-state index contributed by atoms with van der Waals surface area (Å²) < 4.78 is 6.95. The zero-order valence-corrected chi connectivity index (χ0v) is 19.6. The minimum atomic E-state index is -0.346. The average Bonchev–Trinajstić information content (AvgIpc) is 3.22. The largest absolute Gasteiger partial charge is 0.466 e. The molecule has 0 unspecified atom stereocenters. The third kappa shape index (κ3) is 5.94. The van der Waals surface area contributed by atoms with E-state index < -0.39 is 0 Å². The molecule has 0 aliphatic rings. The molecule has 3 heterocycles. The number of carbonyl (C=O) groups excluding carboxylic acids is 1. The topological polar surface area (TPSA) is 69.9 Å². The minimum absolute atomic E-state index is 0.181. The highest BCUT2D eigenvalue weighted by atomic mass is 32.2. The van der Waals surface area contributed by atoms with Crippen molar-refractivity contribution in [3.8, 4) is 11.4 Å². The van der Waals surface area contributed by atoms with Gasteiger partial charge >= 0.3 is 5.97 Å². The van der Waals surface area contributed by atoms with Crippen LogP contribution < -0.4 is 0 Å². The predicted octanol–water partition coefficient (Wildman–Crippen LogP) is 4.87. The average molecular weight is 439 g/mol. The van der Waals surface area contributed by atoms with Crippen LogP contribution >= 0.6 is 11.8 Å². The monoisotopic (exact) mass is 438 g/mol. The molecule has 0 radical (unpaired) electrons. The van der Waals surface area contributed by atoms with Gasteiger partial charge in [-0.2, -0.15) is 5.10 Å². The number of nitrogens with zero attached hydrogens (tertiary/aromatic N) is 4. The molecule has 0 saturated heterocycles. The zero-order chi connectivity index (χ0) is 22.4. The third-order valence-electron chi connectivity index (χ3n) is 5.01. The summed E-state index contributed by atoms with van der Waals surface area (Å²) in [4.78, 5) is 21.1. The first-order valence-electron chi connectivity index (χ1n) is 10.5. The number of esters is 1. The van der Waals surface area contributed by atoms with E-state index in [1.165, 1.54) is 0 Å². The van der Waals surface area contributed by atoms with Gasteiger partial charge in [0.25, 0.3) is 0 Å². The van der Waals surface area contributed by atoms with Crippen LogP contribution in [0.2, 0.25) is 0 Å². The molecule has 0 N–H and O–H groups in total. The first kappa shape index (κ1) is 23.0. The number of hydrogen-bond acceptors (Lipinski definition) is 6. The number of aromatic nitrogens is 4. The molecular formula is C24H30N4O2S. The van der Waals surface area contributed by atoms with E-state index >= 15 is 0 Å². The molecule has 0 fully saturated rings. The number of ether oxygens (including phenoxy) is 1. The normalized spacial score (nSPS) is 11.7. The number of rotatable bonds is 9. The van der Waals surface area contributed by atoms with Gasteiger partial charge in [0.05, 0.1) is 36.0 Å². The van der Waals surface area contributed by atoms with Crippen molar-refractivity contribution >= 4 is 17.7 Å². The number of carbonyl (C=O) groups is 1. The molecule has 0 aliphatic carbocycles. The van der Waals surface area contributed by atoms with Crippen LogP contribution in [0.3, 0.4) is 0 Å². The van der Waals surface area contributed by atoms with Gasteiger partial charge in [0.2, 0.25) is 0 Å². The van der Waals surface area contributed by atoms with E-state index in [0.29, 0.717) is 17.6 Å². The fourth-order valence-electron chi connectivity index (χ4n) is 3.13. The van der Waals surface area contributed by atoms with Gasteiger partial charge in [0.15, 0.2) is 0 Å². The van der Waals surface area contributed by atoms with Gasteiger partial charge in [-0.3, -0.25) is 19.4 Å². The van der Waals surface area contributed by atoms with Crippen molar-refractivity contribution in [3.63, 3.8) is 0 Å². The van der Waals surface area contributed by atoms with Crippen LogP contribution in [0.5, 0.6) is 0 Å². The summed E-state index contributed by atoms with van der Waals surface area (Å²) in [5.41, 5.74) is 4.04. The summed E-state index contributed by atoms with van der Waals surface area (Å²) in [7, 11) is 0. The van der Waals surface area contributed by atoms with Crippen molar-refractivity contribution in [2.24, 2.45) is 0 Å². The lowest BCUT2D eigenvalue weighted by molar-refractivity contribution is -0.142. The second-order valence-corrected chi connectivity index (χ2v) is 9.67. The molecule has 7 heteroatoms. The fraction of sp³-hybridized carbons (Fsp3) is 0.417. The molecule has 164 valence electrons. The van der Waals surface area contributed by atoms with Gasteiger partial charge in [0.1, 0.15) is 5.69 Å². The maximum atomic E-state index is 11.7. The third-order valence-corrected chi connectivity index (χ3v) is 6.09. The Balaban J connectivity index is 1.78. The molecular weight excluding hydrogens is 408 g/mol. The lowest BCUT2D eigenvalue weighted by Crippen LogP contribution is -2.21. The Kier molecular flexibility index (Phi) is 7.49. The van der Waals surface area contributed by atoms with E-state index in [9.17, 15) is 4.79 Å². The molecule has 3 aromatic rings. The summed E-state index contributed by atoms with van der Waals surface area (Å²) in [6.07, 6.45) is 4.00. The molecule has 3 aromatic heterocycles. The number of pyridine rings is 2. The molecule has 0 aliphatic heterocycles. The highest BCUT2D eigenvalue weighted by Crippen LogP contribution is 2.31. The van der Waals surface area contributed by atoms with Crippen LogP contribution in [0.1, 0.15) is 51.6 Å². The number of hydrogen-bond donors (Lipinski definition) is 0. The maximum absolute atomic E-state index is 11.7. The van der Waals surface area contributed by atoms with Gasteiger partial charge in [-0.25, -0.2) is 0 Å². The predicted molar refractivity (Wildman–Crippen MR) is 125 cm³/mol. The quantitative estimate of drug-likeness (QED) is 0.444. The first-order chi connectivity index (χ1) is 14.8. The Hall–Kier alpha value is -2.67. The highest BCUT2D eigenvalue weighted by molar-refractivity contribution is 7.98. The molecule has 3 rings (SSSR count). The van der Waals surface area contributed by atoms with E-state index in [1.807, 2.05) is 65.2 Å². The van der Waals surface area contributed by atoms with Crippen molar-refractivity contribution in [2.45, 2.75) is 57.6 Å². The van der Waals surface area contributed by atoms with Crippen molar-refractivity contribution in [1.82, 2.24) is 19.7 Å². The Morgan fingerprint density at radius 2 is 1.97 bits per heavy atom. The summed E-state index contributed by atoms with van der Waals surface area (Å²) in [5, 5.41) is 5.24. The molecule has 0 atom stereocenters. The van der Waals surface area contributed by atoms with Gasteiger partial charge < -0.3 is 4.74 Å². The molecule has 0 bridgehead atoms. The van der Waals surface area contributed by atoms with Crippen LogP contribution in [-0.2, 0) is 27.2 Å². The summed E-state index contributed by atoms with van der Waals surface area (Å²) in [6, 6.07) is 11.9. The van der Waals surface area contributed by atoms with Gasteiger partial charge in [-0.05, 0) is 36.8 Å². The Labute approximate surface area is 188 Å². The summed E-state index contributed by atoms with van der Waals surface area (Å²) >= 11 is 1.85. The first-order valence-corrected chi connectivity index (χ1v) is 11.6. The molecule has 0 saturated carbocycles. The van der Waals surface area contributed by atoms with Crippen LogP contribution in [0.15, 0.2) is 48.8 Å². The van der Waals surface area contributed by atoms with E-state index in [0.717, 1.165) is 28.5 Å². The van der Waals surface area contributed by atoms with Gasteiger partial charge in [-0.1, -0.05) is 39.8 Å². The molecule has 0 amide bonds. The van der Waals surface area contributed by atoms with E-state index in [-0.39, 0.29) is 17.8 Å². The second kappa shape index (κ2) is 10.1. The number of thioether (sulfide) groups is 1. The van der Waals surface area contributed by atoms with Crippen LogP contribution in [0, 0.1) is 0 Å². The van der Waals surface area contributed by atoms with Crippen molar-refractivity contribution in [1.29, 1.82) is 0 Å². The van der Waals surface area contributed by atoms with Gasteiger partial charge in [-0.15, -0.1) is 11.8 Å². The Morgan fingerprint density at radius 3 is 2.65 bits per heavy atom. The summed E-state index contributed by atoms with van der Waals surface area (Å²) in [5.74, 6) is 0.565. The molecule has 31 heavy (non-hydrogen) atoms. The molecule has 0 aromatic carbocycles. The zero-order valence-electron chi connectivity index (χ0n) is 18.8.